The Hall–Kier alpha value is -2.44. The van der Waals surface area contributed by atoms with E-state index in [0.717, 1.165) is 36.0 Å². The molecule has 2 aromatic heterocycles. The zero-order valence-electron chi connectivity index (χ0n) is 13.9. The summed E-state index contributed by atoms with van der Waals surface area (Å²) in [5.41, 5.74) is 1.20. The van der Waals surface area contributed by atoms with Gasteiger partial charge in [-0.2, -0.15) is 0 Å². The predicted molar refractivity (Wildman–Crippen MR) is 99.3 cm³/mol. The Balaban J connectivity index is 1.58. The van der Waals surface area contributed by atoms with Crippen molar-refractivity contribution < 1.29 is 9.84 Å². The monoisotopic (exact) mass is 368 g/mol. The molecule has 2 fully saturated rings. The second-order valence-electron chi connectivity index (χ2n) is 6.92. The third-order valence-corrected chi connectivity index (χ3v) is 5.55. The van der Waals surface area contributed by atoms with Crippen LogP contribution in [0.25, 0.3) is 22.0 Å². The molecule has 7 heteroatoms. The number of benzene rings is 1. The van der Waals surface area contributed by atoms with E-state index >= 15 is 0 Å². The summed E-state index contributed by atoms with van der Waals surface area (Å²) in [7, 11) is 0. The number of pyridine rings is 1. The highest BCUT2D eigenvalue weighted by Gasteiger charge is 2.41. The molecule has 0 amide bonds. The quantitative estimate of drug-likeness (QED) is 0.734. The van der Waals surface area contributed by atoms with Crippen LogP contribution in [0.4, 0.5) is 5.82 Å². The fourth-order valence-electron chi connectivity index (χ4n) is 4.01. The molecule has 0 spiro atoms. The number of halogens is 1. The number of fused-ring (bicyclic) bond motifs is 3. The molecule has 1 aliphatic carbocycles. The Bertz CT molecular complexity index is 996. The van der Waals surface area contributed by atoms with Crippen molar-refractivity contribution in [1.29, 1.82) is 0 Å². The zero-order chi connectivity index (χ0) is 17.7. The van der Waals surface area contributed by atoms with Gasteiger partial charge in [-0.1, -0.05) is 11.6 Å². The van der Waals surface area contributed by atoms with Crippen LogP contribution >= 0.6 is 11.6 Å². The largest absolute Gasteiger partial charge is 0.507 e. The van der Waals surface area contributed by atoms with Crippen molar-refractivity contribution in [3.63, 3.8) is 0 Å². The smallest absolute Gasteiger partial charge is 0.158 e. The highest BCUT2D eigenvalue weighted by atomic mass is 35.5. The predicted octanol–water partition coefficient (Wildman–Crippen LogP) is 3.64. The summed E-state index contributed by atoms with van der Waals surface area (Å²) in [6, 6.07) is 7.23. The highest BCUT2D eigenvalue weighted by Crippen LogP contribution is 2.39. The van der Waals surface area contributed by atoms with Gasteiger partial charge in [0, 0.05) is 45.7 Å². The topological polar surface area (TPSA) is 80.2 Å². The van der Waals surface area contributed by atoms with Gasteiger partial charge < -0.3 is 15.2 Å². The number of nitrogens with one attached hydrogen (secondary N) is 1. The highest BCUT2D eigenvalue weighted by molar-refractivity contribution is 6.30. The molecule has 2 aliphatic rings. The number of aromatic hydroxyl groups is 1. The molecule has 0 radical (unpaired) electrons. The minimum absolute atomic E-state index is 0.0795. The van der Waals surface area contributed by atoms with Crippen LogP contribution < -0.4 is 5.32 Å². The molecular weight excluding hydrogens is 352 g/mol. The first-order valence-electron chi connectivity index (χ1n) is 8.66. The van der Waals surface area contributed by atoms with Gasteiger partial charge in [-0.25, -0.2) is 0 Å². The summed E-state index contributed by atoms with van der Waals surface area (Å²) in [5, 5.41) is 24.9. The van der Waals surface area contributed by atoms with Crippen molar-refractivity contribution in [2.24, 2.45) is 5.92 Å². The first-order chi connectivity index (χ1) is 12.7. The van der Waals surface area contributed by atoms with Crippen molar-refractivity contribution in [3.8, 4) is 17.0 Å². The van der Waals surface area contributed by atoms with Gasteiger partial charge in [0.2, 0.25) is 0 Å². The Morgan fingerprint density at radius 3 is 2.85 bits per heavy atom. The van der Waals surface area contributed by atoms with Gasteiger partial charge in [-0.3, -0.25) is 4.98 Å². The number of hydrogen-bond acceptors (Lipinski definition) is 6. The Kier molecular flexibility index (Phi) is 3.69. The lowest BCUT2D eigenvalue weighted by atomic mass is 10.0. The van der Waals surface area contributed by atoms with Crippen molar-refractivity contribution >= 4 is 28.2 Å². The SMILES string of the molecule is Oc1cc(Cl)ccc1-c1nnc(N[C@H]2C[C@H]3C[C@@H]2CO3)c2cnccc12. The van der Waals surface area contributed by atoms with E-state index in [4.69, 9.17) is 16.3 Å². The summed E-state index contributed by atoms with van der Waals surface area (Å²) in [4.78, 5) is 4.25. The molecule has 3 aromatic rings. The van der Waals surface area contributed by atoms with E-state index in [9.17, 15) is 5.11 Å². The fraction of sp³-hybridized carbons (Fsp3) is 0.316. The summed E-state index contributed by atoms with van der Waals surface area (Å²) >= 11 is 5.95. The number of nitrogens with zero attached hydrogens (tertiary/aromatic N) is 3. The molecule has 3 atom stereocenters. The lowest BCUT2D eigenvalue weighted by molar-refractivity contribution is 0.0724. The van der Waals surface area contributed by atoms with Crippen LogP contribution in [0.2, 0.25) is 5.02 Å². The maximum Gasteiger partial charge on any atom is 0.158 e. The van der Waals surface area contributed by atoms with Gasteiger partial charge >= 0.3 is 0 Å². The molecule has 5 rings (SSSR count). The molecule has 2 bridgehead atoms. The summed E-state index contributed by atoms with van der Waals surface area (Å²) in [5.74, 6) is 1.33. The number of ether oxygens (including phenoxy) is 1. The Labute approximate surface area is 155 Å². The number of aromatic nitrogens is 3. The van der Waals surface area contributed by atoms with E-state index in [-0.39, 0.29) is 5.75 Å². The standard InChI is InChI=1S/C19H17ClN4O2/c20-11-1-2-14(17(25)6-11)18-13-3-4-21-8-15(13)19(24-23-18)22-16-7-12-5-10(16)9-26-12/h1-4,6,8,10,12,16,25H,5,7,9H2,(H,22,24)/t10-,12-,16+/m1/s1. The number of phenolic OH excluding ortho intramolecular Hbond substituents is 1. The van der Waals surface area contributed by atoms with Crippen LogP contribution in [0.1, 0.15) is 12.8 Å². The summed E-state index contributed by atoms with van der Waals surface area (Å²) < 4.78 is 5.68. The molecule has 132 valence electrons. The third kappa shape index (κ3) is 2.57. The molecule has 2 N–H and O–H groups in total. The second kappa shape index (κ2) is 6.07. The van der Waals surface area contributed by atoms with Gasteiger partial charge in [0.1, 0.15) is 11.4 Å². The normalized spacial score (nSPS) is 24.3. The fourth-order valence-corrected chi connectivity index (χ4v) is 4.18. The van der Waals surface area contributed by atoms with Gasteiger partial charge in [0.05, 0.1) is 12.7 Å². The maximum atomic E-state index is 10.3. The lowest BCUT2D eigenvalue weighted by Crippen LogP contribution is -2.30. The van der Waals surface area contributed by atoms with E-state index in [2.05, 4.69) is 20.5 Å². The van der Waals surface area contributed by atoms with Crippen molar-refractivity contribution in [1.82, 2.24) is 15.2 Å². The van der Waals surface area contributed by atoms with E-state index in [0.29, 0.717) is 34.3 Å². The molecule has 1 saturated heterocycles. The van der Waals surface area contributed by atoms with Crippen LogP contribution in [0.15, 0.2) is 36.7 Å². The summed E-state index contributed by atoms with van der Waals surface area (Å²) in [6.45, 7) is 0.808. The molecule has 26 heavy (non-hydrogen) atoms. The molecule has 1 aliphatic heterocycles. The second-order valence-corrected chi connectivity index (χ2v) is 7.35. The zero-order valence-corrected chi connectivity index (χ0v) is 14.6. The Morgan fingerprint density at radius 2 is 2.08 bits per heavy atom. The van der Waals surface area contributed by atoms with Gasteiger partial charge in [-0.05, 0) is 37.1 Å². The average molecular weight is 369 g/mol. The number of phenols is 1. The molecule has 1 saturated carbocycles. The summed E-state index contributed by atoms with van der Waals surface area (Å²) in [6.07, 6.45) is 5.97. The van der Waals surface area contributed by atoms with E-state index in [1.807, 2.05) is 6.07 Å². The minimum atomic E-state index is 0.0795. The van der Waals surface area contributed by atoms with E-state index in [1.54, 1.807) is 24.5 Å². The lowest BCUT2D eigenvalue weighted by Gasteiger charge is -2.24. The first-order valence-corrected chi connectivity index (χ1v) is 9.04. The number of rotatable bonds is 3. The van der Waals surface area contributed by atoms with Gasteiger partial charge in [0.25, 0.3) is 0 Å². The van der Waals surface area contributed by atoms with Gasteiger partial charge in [-0.15, -0.1) is 10.2 Å². The molecule has 3 heterocycles. The molecule has 0 unspecified atom stereocenters. The minimum Gasteiger partial charge on any atom is -0.507 e. The molecule has 6 nitrogen and oxygen atoms in total. The van der Waals surface area contributed by atoms with Crippen molar-refractivity contribution in [2.45, 2.75) is 25.0 Å². The first kappa shape index (κ1) is 15.8. The van der Waals surface area contributed by atoms with Crippen molar-refractivity contribution in [3.05, 3.63) is 41.7 Å². The Morgan fingerprint density at radius 1 is 1.15 bits per heavy atom. The van der Waals surface area contributed by atoms with Crippen LogP contribution in [0, 0.1) is 5.92 Å². The maximum absolute atomic E-state index is 10.3. The van der Waals surface area contributed by atoms with E-state index in [1.165, 1.54) is 6.07 Å². The van der Waals surface area contributed by atoms with Gasteiger partial charge in [0.15, 0.2) is 5.82 Å². The third-order valence-electron chi connectivity index (χ3n) is 5.32. The number of anilines is 1. The molecule has 1 aromatic carbocycles. The van der Waals surface area contributed by atoms with E-state index < -0.39 is 0 Å². The number of hydrogen-bond donors (Lipinski definition) is 2. The van der Waals surface area contributed by atoms with Crippen molar-refractivity contribution in [2.75, 3.05) is 11.9 Å². The van der Waals surface area contributed by atoms with Crippen LogP contribution in [-0.4, -0.2) is 39.0 Å². The average Bonchev–Trinajstić information content (AvgIpc) is 3.26. The van der Waals surface area contributed by atoms with Crippen LogP contribution in [0.3, 0.4) is 0 Å². The van der Waals surface area contributed by atoms with Crippen LogP contribution in [0.5, 0.6) is 5.75 Å². The van der Waals surface area contributed by atoms with Crippen LogP contribution in [-0.2, 0) is 4.74 Å². The molecular formula is C19H17ClN4O2.